The molecule has 1 saturated carbocycles. The van der Waals surface area contributed by atoms with Gasteiger partial charge in [0.25, 0.3) is 0 Å². The molecule has 1 aliphatic carbocycles. The summed E-state index contributed by atoms with van der Waals surface area (Å²) in [6, 6.07) is -0.0218. The van der Waals surface area contributed by atoms with Gasteiger partial charge >= 0.3 is 11.5 Å². The molecular weight excluding hydrogens is 271 g/mol. The Morgan fingerprint density at radius 3 is 2.33 bits per heavy atom. The molecule has 0 aromatic carbocycles. The quantitative estimate of drug-likeness (QED) is 0.733. The molecule has 0 spiro atoms. The van der Waals surface area contributed by atoms with Crippen LogP contribution in [0.2, 0.25) is 0 Å². The van der Waals surface area contributed by atoms with Crippen molar-refractivity contribution < 1.29 is 27.9 Å². The Bertz CT molecular complexity index is 344. The van der Waals surface area contributed by atoms with E-state index in [0.717, 1.165) is 19.8 Å². The van der Waals surface area contributed by atoms with Gasteiger partial charge in [-0.3, -0.25) is 9.59 Å². The number of hydrogen-bond acceptors (Lipinski definition) is 3. The second kappa shape index (κ2) is 5.38. The third-order valence-corrected chi connectivity index (χ3v) is 3.49. The average Bonchev–Trinajstić information content (AvgIpc) is 2.98. The number of carbonyl (C=O) groups is 2. The molecule has 1 rings (SSSR count). The van der Waals surface area contributed by atoms with Gasteiger partial charge < -0.3 is 10.4 Å². The predicted molar refractivity (Wildman–Crippen MR) is 60.0 cm³/mol. The van der Waals surface area contributed by atoms with Crippen LogP contribution in [0.3, 0.4) is 0 Å². The lowest BCUT2D eigenvalue weighted by Crippen LogP contribution is -2.45. The Balaban J connectivity index is 2.55. The number of thioether (sulfide) groups is 1. The van der Waals surface area contributed by atoms with Crippen molar-refractivity contribution in [3.05, 3.63) is 0 Å². The van der Waals surface area contributed by atoms with Gasteiger partial charge in [0.15, 0.2) is 0 Å². The molecule has 2 N–H and O–H groups in total. The van der Waals surface area contributed by atoms with Crippen LogP contribution in [0.25, 0.3) is 0 Å². The number of carboxylic acid groups (broad SMARTS) is 1. The summed E-state index contributed by atoms with van der Waals surface area (Å²) in [5.74, 6) is -2.56. The van der Waals surface area contributed by atoms with Crippen molar-refractivity contribution in [3.8, 4) is 0 Å². The highest BCUT2D eigenvalue weighted by atomic mass is 32.2. The number of nitrogens with one attached hydrogen (secondary N) is 1. The number of amides is 1. The Morgan fingerprint density at radius 2 is 1.94 bits per heavy atom. The highest BCUT2D eigenvalue weighted by Gasteiger charge is 2.43. The Hall–Kier alpha value is -0.920. The molecule has 0 aromatic rings. The van der Waals surface area contributed by atoms with Crippen LogP contribution >= 0.6 is 11.8 Å². The smallest absolute Gasteiger partial charge is 0.441 e. The minimum absolute atomic E-state index is 0.0218. The molecule has 1 amide bonds. The largest absolute Gasteiger partial charge is 0.480 e. The molecule has 0 heterocycles. The van der Waals surface area contributed by atoms with Crippen LogP contribution in [0, 0.1) is 5.41 Å². The number of hydrogen-bond donors (Lipinski definition) is 2. The van der Waals surface area contributed by atoms with Crippen molar-refractivity contribution in [1.29, 1.82) is 0 Å². The molecule has 4 nitrogen and oxygen atoms in total. The van der Waals surface area contributed by atoms with E-state index in [1.165, 1.54) is 0 Å². The summed E-state index contributed by atoms with van der Waals surface area (Å²) >= 11 is -0.314. The molecule has 18 heavy (non-hydrogen) atoms. The predicted octanol–water partition coefficient (Wildman–Crippen LogP) is 2.00. The van der Waals surface area contributed by atoms with Gasteiger partial charge in [0.2, 0.25) is 5.91 Å². The van der Waals surface area contributed by atoms with Crippen LogP contribution in [0.4, 0.5) is 13.2 Å². The maximum atomic E-state index is 12.0. The molecule has 104 valence electrons. The first-order valence-electron chi connectivity index (χ1n) is 5.40. The first-order valence-corrected chi connectivity index (χ1v) is 6.39. The van der Waals surface area contributed by atoms with E-state index in [0.29, 0.717) is 0 Å². The molecule has 1 unspecified atom stereocenters. The number of halogens is 3. The number of rotatable bonds is 6. The third-order valence-electron chi connectivity index (χ3n) is 2.75. The van der Waals surface area contributed by atoms with E-state index in [1.807, 2.05) is 0 Å². The maximum Gasteiger partial charge on any atom is 0.441 e. The van der Waals surface area contributed by atoms with Crippen LogP contribution < -0.4 is 5.32 Å². The lowest BCUT2D eigenvalue weighted by molar-refractivity contribution is -0.154. The standard InChI is InChI=1S/C10H14F3NO3S/c1-9(8(16)17,4-5-18-10(11,12)13)7(15)14-6-2-3-6/h6H,2-5H2,1H3,(H,14,15)(H,16,17). The lowest BCUT2D eigenvalue weighted by atomic mass is 9.86. The molecule has 0 aliphatic heterocycles. The summed E-state index contributed by atoms with van der Waals surface area (Å²) in [6.07, 6.45) is 1.22. The zero-order valence-corrected chi connectivity index (χ0v) is 10.5. The maximum absolute atomic E-state index is 12.0. The molecule has 1 atom stereocenters. The summed E-state index contributed by atoms with van der Waals surface area (Å²) in [7, 11) is 0. The molecule has 0 aromatic heterocycles. The molecule has 8 heteroatoms. The zero-order valence-electron chi connectivity index (χ0n) is 9.71. The lowest BCUT2D eigenvalue weighted by Gasteiger charge is -2.23. The van der Waals surface area contributed by atoms with E-state index >= 15 is 0 Å². The van der Waals surface area contributed by atoms with E-state index < -0.39 is 28.6 Å². The topological polar surface area (TPSA) is 66.4 Å². The average molecular weight is 285 g/mol. The summed E-state index contributed by atoms with van der Waals surface area (Å²) in [5.41, 5.74) is -6.22. The van der Waals surface area contributed by atoms with Crippen LogP contribution in [0.5, 0.6) is 0 Å². The van der Waals surface area contributed by atoms with Gasteiger partial charge in [0.1, 0.15) is 5.41 Å². The zero-order chi connectivity index (χ0) is 14.0. The van der Waals surface area contributed by atoms with Crippen LogP contribution in [0.1, 0.15) is 26.2 Å². The van der Waals surface area contributed by atoms with Crippen LogP contribution in [-0.2, 0) is 9.59 Å². The van der Waals surface area contributed by atoms with Crippen molar-refractivity contribution in [2.24, 2.45) is 5.41 Å². The monoisotopic (exact) mass is 285 g/mol. The molecule has 1 fully saturated rings. The van der Waals surface area contributed by atoms with E-state index in [9.17, 15) is 22.8 Å². The second-order valence-electron chi connectivity index (χ2n) is 4.43. The molecule has 1 aliphatic rings. The minimum Gasteiger partial charge on any atom is -0.480 e. The van der Waals surface area contributed by atoms with Crippen LogP contribution in [0.15, 0.2) is 0 Å². The minimum atomic E-state index is -4.41. The fourth-order valence-corrected chi connectivity index (χ4v) is 2.00. The van der Waals surface area contributed by atoms with Crippen LogP contribution in [-0.4, -0.2) is 34.3 Å². The Labute approximate surface area is 106 Å². The first-order chi connectivity index (χ1) is 8.15. The number of carboxylic acids is 1. The molecular formula is C10H14F3NO3S. The Morgan fingerprint density at radius 1 is 1.39 bits per heavy atom. The highest BCUT2D eigenvalue weighted by molar-refractivity contribution is 8.00. The van der Waals surface area contributed by atoms with Gasteiger partial charge in [-0.1, -0.05) is 11.8 Å². The van der Waals surface area contributed by atoms with Gasteiger partial charge in [-0.15, -0.1) is 0 Å². The third kappa shape index (κ3) is 4.40. The fourth-order valence-electron chi connectivity index (χ4n) is 1.26. The second-order valence-corrected chi connectivity index (χ2v) is 5.59. The summed E-state index contributed by atoms with van der Waals surface area (Å²) < 4.78 is 35.9. The molecule has 0 saturated heterocycles. The number of alkyl halides is 3. The summed E-state index contributed by atoms with van der Waals surface area (Å²) in [5, 5.41) is 11.5. The molecule has 0 radical (unpaired) electrons. The SMILES string of the molecule is CC(CCSC(F)(F)F)(C(=O)O)C(=O)NC1CC1. The Kier molecular flexibility index (Phi) is 4.52. The van der Waals surface area contributed by atoms with Crippen molar-refractivity contribution in [1.82, 2.24) is 5.32 Å². The first kappa shape index (κ1) is 15.1. The molecule has 0 bridgehead atoms. The summed E-state index contributed by atoms with van der Waals surface area (Å²) in [4.78, 5) is 22.8. The fraction of sp³-hybridized carbons (Fsp3) is 0.800. The van der Waals surface area contributed by atoms with Crippen molar-refractivity contribution in [3.63, 3.8) is 0 Å². The van der Waals surface area contributed by atoms with Gasteiger partial charge in [-0.05, 0) is 26.2 Å². The number of aliphatic carboxylic acids is 1. The summed E-state index contributed by atoms with van der Waals surface area (Å²) in [6.45, 7) is 1.16. The van der Waals surface area contributed by atoms with Crippen molar-refractivity contribution in [2.75, 3.05) is 5.75 Å². The van der Waals surface area contributed by atoms with Gasteiger partial charge in [0, 0.05) is 11.8 Å². The van der Waals surface area contributed by atoms with Gasteiger partial charge in [-0.25, -0.2) is 0 Å². The number of carbonyl (C=O) groups excluding carboxylic acids is 1. The van der Waals surface area contributed by atoms with E-state index in [1.54, 1.807) is 0 Å². The van der Waals surface area contributed by atoms with E-state index in [2.05, 4.69) is 5.32 Å². The van der Waals surface area contributed by atoms with Crippen molar-refractivity contribution in [2.45, 2.75) is 37.7 Å². The van der Waals surface area contributed by atoms with Gasteiger partial charge in [-0.2, -0.15) is 13.2 Å². The van der Waals surface area contributed by atoms with Crippen molar-refractivity contribution >= 4 is 23.6 Å². The normalized spacial score (nSPS) is 19.1. The van der Waals surface area contributed by atoms with E-state index in [4.69, 9.17) is 5.11 Å². The highest BCUT2D eigenvalue weighted by Crippen LogP contribution is 2.34. The van der Waals surface area contributed by atoms with Gasteiger partial charge in [0.05, 0.1) is 0 Å². The van der Waals surface area contributed by atoms with E-state index in [-0.39, 0.29) is 24.2 Å².